The van der Waals surface area contributed by atoms with Gasteiger partial charge in [0, 0.05) is 13.1 Å². The fraction of sp³-hybridized carbons (Fsp3) is 0.900. The van der Waals surface area contributed by atoms with Crippen molar-refractivity contribution in [3.63, 3.8) is 0 Å². The van der Waals surface area contributed by atoms with Gasteiger partial charge in [-0.05, 0) is 26.9 Å². The van der Waals surface area contributed by atoms with Crippen molar-refractivity contribution in [2.45, 2.75) is 18.4 Å². The first-order valence-electron chi connectivity index (χ1n) is 5.34. The molecule has 0 heterocycles. The van der Waals surface area contributed by atoms with Crippen molar-refractivity contribution >= 4 is 5.91 Å². The molecule has 1 aliphatic rings. The van der Waals surface area contributed by atoms with Gasteiger partial charge in [-0.25, -0.2) is 0 Å². The van der Waals surface area contributed by atoms with Crippen molar-refractivity contribution in [3.8, 4) is 0 Å². The van der Waals surface area contributed by atoms with Crippen LogP contribution in [0.25, 0.3) is 0 Å². The van der Waals surface area contributed by atoms with Gasteiger partial charge in [-0.1, -0.05) is 0 Å². The van der Waals surface area contributed by atoms with Crippen molar-refractivity contribution in [2.75, 3.05) is 40.4 Å². The minimum Gasteiger partial charge on any atom is -0.378 e. The highest BCUT2D eigenvalue weighted by atomic mass is 16.5. The number of rotatable bonds is 7. The van der Waals surface area contributed by atoms with E-state index >= 15 is 0 Å². The zero-order valence-corrected chi connectivity index (χ0v) is 9.58. The SMILES string of the molecule is CN(C)CCOCCNC(=O)C1(N)CC1. The van der Waals surface area contributed by atoms with Crippen LogP contribution in [0.4, 0.5) is 0 Å². The number of nitrogens with zero attached hydrogens (tertiary/aromatic N) is 1. The number of likely N-dealkylation sites (N-methyl/N-ethyl adjacent to an activating group) is 1. The molecule has 1 saturated carbocycles. The highest BCUT2D eigenvalue weighted by Gasteiger charge is 2.45. The van der Waals surface area contributed by atoms with Gasteiger partial charge in [0.2, 0.25) is 5.91 Å². The third-order valence-electron chi connectivity index (χ3n) is 2.46. The van der Waals surface area contributed by atoms with E-state index in [-0.39, 0.29) is 5.91 Å². The summed E-state index contributed by atoms with van der Waals surface area (Å²) in [7, 11) is 3.99. The van der Waals surface area contributed by atoms with Crippen LogP contribution in [0, 0.1) is 0 Å². The van der Waals surface area contributed by atoms with E-state index in [9.17, 15) is 4.79 Å². The summed E-state index contributed by atoms with van der Waals surface area (Å²) < 4.78 is 5.33. The summed E-state index contributed by atoms with van der Waals surface area (Å²) in [5, 5.41) is 2.77. The van der Waals surface area contributed by atoms with Crippen molar-refractivity contribution in [2.24, 2.45) is 5.73 Å². The number of hydrogen-bond donors (Lipinski definition) is 2. The summed E-state index contributed by atoms with van der Waals surface area (Å²) in [6, 6.07) is 0. The molecular formula is C10H21N3O2. The Morgan fingerprint density at radius 2 is 2.13 bits per heavy atom. The topological polar surface area (TPSA) is 67.6 Å². The van der Waals surface area contributed by atoms with Gasteiger partial charge >= 0.3 is 0 Å². The first-order chi connectivity index (χ1) is 7.04. The van der Waals surface area contributed by atoms with E-state index in [1.54, 1.807) is 0 Å². The van der Waals surface area contributed by atoms with Gasteiger partial charge in [0.15, 0.2) is 0 Å². The van der Waals surface area contributed by atoms with E-state index in [2.05, 4.69) is 10.2 Å². The Hall–Kier alpha value is -0.650. The Balaban J connectivity index is 1.91. The van der Waals surface area contributed by atoms with Crippen molar-refractivity contribution in [1.29, 1.82) is 0 Å². The van der Waals surface area contributed by atoms with Gasteiger partial charge in [-0.15, -0.1) is 0 Å². The zero-order valence-electron chi connectivity index (χ0n) is 9.58. The summed E-state index contributed by atoms with van der Waals surface area (Å²) in [6.07, 6.45) is 1.61. The zero-order chi connectivity index (χ0) is 11.3. The van der Waals surface area contributed by atoms with Crippen LogP contribution in [0.5, 0.6) is 0 Å². The summed E-state index contributed by atoms with van der Waals surface area (Å²) in [4.78, 5) is 13.4. The van der Waals surface area contributed by atoms with E-state index in [0.29, 0.717) is 19.8 Å². The summed E-state index contributed by atoms with van der Waals surface area (Å²) >= 11 is 0. The molecule has 1 fully saturated rings. The Morgan fingerprint density at radius 3 is 2.67 bits per heavy atom. The number of amides is 1. The molecule has 1 amide bonds. The fourth-order valence-corrected chi connectivity index (χ4v) is 1.12. The van der Waals surface area contributed by atoms with E-state index in [0.717, 1.165) is 19.4 Å². The molecule has 0 saturated heterocycles. The highest BCUT2D eigenvalue weighted by molar-refractivity contribution is 5.88. The van der Waals surface area contributed by atoms with Crippen molar-refractivity contribution in [1.82, 2.24) is 10.2 Å². The standard InChI is InChI=1S/C10H21N3O2/c1-13(2)6-8-15-7-5-12-9(14)10(11)3-4-10/h3-8,11H2,1-2H3,(H,12,14). The summed E-state index contributed by atoms with van der Waals surface area (Å²) in [5.74, 6) is -0.0429. The number of nitrogens with two attached hydrogens (primary N) is 1. The molecule has 1 aliphatic carbocycles. The maximum atomic E-state index is 11.4. The van der Waals surface area contributed by atoms with Crippen LogP contribution in [-0.4, -0.2) is 56.7 Å². The number of ether oxygens (including phenoxy) is 1. The highest BCUT2D eigenvalue weighted by Crippen LogP contribution is 2.31. The number of carbonyl (C=O) groups is 1. The van der Waals surface area contributed by atoms with Crippen LogP contribution in [0.1, 0.15) is 12.8 Å². The lowest BCUT2D eigenvalue weighted by molar-refractivity contribution is -0.123. The molecule has 0 aromatic rings. The molecule has 0 spiro atoms. The predicted molar refractivity (Wildman–Crippen MR) is 58.5 cm³/mol. The Bertz CT molecular complexity index is 215. The fourth-order valence-electron chi connectivity index (χ4n) is 1.12. The third kappa shape index (κ3) is 4.59. The van der Waals surface area contributed by atoms with E-state index in [1.165, 1.54) is 0 Å². The van der Waals surface area contributed by atoms with E-state index in [1.807, 2.05) is 14.1 Å². The Kier molecular flexibility index (Phi) is 4.50. The second-order valence-electron chi connectivity index (χ2n) is 4.33. The van der Waals surface area contributed by atoms with E-state index < -0.39 is 5.54 Å². The summed E-state index contributed by atoms with van der Waals surface area (Å²) in [6.45, 7) is 2.69. The molecular weight excluding hydrogens is 194 g/mol. The van der Waals surface area contributed by atoms with Gasteiger partial charge in [0.25, 0.3) is 0 Å². The molecule has 5 heteroatoms. The molecule has 0 aromatic heterocycles. The molecule has 1 rings (SSSR count). The molecule has 0 atom stereocenters. The molecule has 0 aromatic carbocycles. The Morgan fingerprint density at radius 1 is 1.47 bits per heavy atom. The predicted octanol–water partition coefficient (Wildman–Crippen LogP) is -0.828. The van der Waals surface area contributed by atoms with E-state index in [4.69, 9.17) is 10.5 Å². The van der Waals surface area contributed by atoms with Crippen LogP contribution >= 0.6 is 0 Å². The molecule has 3 N–H and O–H groups in total. The molecule has 88 valence electrons. The smallest absolute Gasteiger partial charge is 0.240 e. The lowest BCUT2D eigenvalue weighted by Crippen LogP contribution is -2.43. The second kappa shape index (κ2) is 5.44. The average molecular weight is 215 g/mol. The minimum atomic E-state index is -0.566. The van der Waals surface area contributed by atoms with Gasteiger partial charge in [-0.3, -0.25) is 4.79 Å². The maximum Gasteiger partial charge on any atom is 0.240 e. The first-order valence-corrected chi connectivity index (χ1v) is 5.34. The quantitative estimate of drug-likeness (QED) is 0.544. The first kappa shape index (κ1) is 12.4. The maximum absolute atomic E-state index is 11.4. The normalized spacial score (nSPS) is 17.9. The van der Waals surface area contributed by atoms with Crippen LogP contribution in [0.2, 0.25) is 0 Å². The van der Waals surface area contributed by atoms with Gasteiger partial charge in [0.1, 0.15) is 0 Å². The second-order valence-corrected chi connectivity index (χ2v) is 4.33. The lowest BCUT2D eigenvalue weighted by Gasteiger charge is -2.11. The molecule has 0 aliphatic heterocycles. The van der Waals surface area contributed by atoms with Crippen LogP contribution in [0.3, 0.4) is 0 Å². The summed E-state index contributed by atoms with van der Waals surface area (Å²) in [5.41, 5.74) is 5.15. The molecule has 15 heavy (non-hydrogen) atoms. The van der Waals surface area contributed by atoms with Crippen molar-refractivity contribution in [3.05, 3.63) is 0 Å². The van der Waals surface area contributed by atoms with Crippen LogP contribution < -0.4 is 11.1 Å². The molecule has 0 unspecified atom stereocenters. The lowest BCUT2D eigenvalue weighted by atomic mass is 10.3. The van der Waals surface area contributed by atoms with Crippen LogP contribution in [0.15, 0.2) is 0 Å². The minimum absolute atomic E-state index is 0.0429. The van der Waals surface area contributed by atoms with Gasteiger partial charge in [-0.2, -0.15) is 0 Å². The Labute approximate surface area is 90.9 Å². The monoisotopic (exact) mass is 215 g/mol. The number of carbonyl (C=O) groups excluding carboxylic acids is 1. The number of nitrogens with one attached hydrogen (secondary N) is 1. The molecule has 0 radical (unpaired) electrons. The van der Waals surface area contributed by atoms with Gasteiger partial charge < -0.3 is 20.7 Å². The molecule has 5 nitrogen and oxygen atoms in total. The van der Waals surface area contributed by atoms with Crippen molar-refractivity contribution < 1.29 is 9.53 Å². The number of hydrogen-bond acceptors (Lipinski definition) is 4. The van der Waals surface area contributed by atoms with Crippen LogP contribution in [-0.2, 0) is 9.53 Å². The average Bonchev–Trinajstić information content (AvgIpc) is 2.90. The molecule has 0 bridgehead atoms. The largest absolute Gasteiger partial charge is 0.378 e. The van der Waals surface area contributed by atoms with Gasteiger partial charge in [0.05, 0.1) is 18.8 Å². The third-order valence-corrected chi connectivity index (χ3v) is 2.46.